The molecule has 1 aliphatic rings. The zero-order valence-corrected chi connectivity index (χ0v) is 10.8. The number of carboxylic acid groups (broad SMARTS) is 1. The molecule has 1 aliphatic carbocycles. The maximum atomic E-state index is 11.5. The Morgan fingerprint density at radius 3 is 2.65 bits per heavy atom. The average Bonchev–Trinajstić information content (AvgIpc) is 2.39. The Labute approximate surface area is 116 Å². The molecule has 0 unspecified atom stereocenters. The van der Waals surface area contributed by atoms with Gasteiger partial charge < -0.3 is 15.2 Å². The van der Waals surface area contributed by atoms with Crippen molar-refractivity contribution in [1.82, 2.24) is 5.32 Å². The lowest BCUT2D eigenvalue weighted by Crippen LogP contribution is -2.44. The molecule has 0 bridgehead atoms. The van der Waals surface area contributed by atoms with Gasteiger partial charge in [0, 0.05) is 17.9 Å². The number of carboxylic acids is 1. The number of hydrogen-bond donors (Lipinski definition) is 2. The van der Waals surface area contributed by atoms with E-state index < -0.39 is 12.1 Å². The normalized spacial score (nSPS) is 20.0. The van der Waals surface area contributed by atoms with Crippen molar-refractivity contribution >= 4 is 12.1 Å². The fourth-order valence-corrected chi connectivity index (χ4v) is 1.95. The molecule has 20 heavy (non-hydrogen) atoms. The van der Waals surface area contributed by atoms with Gasteiger partial charge in [0.2, 0.25) is 0 Å². The third-order valence-electron chi connectivity index (χ3n) is 3.06. The van der Waals surface area contributed by atoms with Gasteiger partial charge in [0.25, 0.3) is 0 Å². The molecule has 1 fully saturated rings. The van der Waals surface area contributed by atoms with Crippen LogP contribution in [0.15, 0.2) is 30.3 Å². The largest absolute Gasteiger partial charge is 0.472 e. The van der Waals surface area contributed by atoms with Crippen LogP contribution in [0.3, 0.4) is 0 Å². The van der Waals surface area contributed by atoms with Gasteiger partial charge in [-0.25, -0.2) is 9.59 Å². The van der Waals surface area contributed by atoms with Crippen LogP contribution >= 0.6 is 0 Å². The summed E-state index contributed by atoms with van der Waals surface area (Å²) in [6.07, 6.45) is 0.880. The number of alkyl carbamates (subject to hydrolysis) is 1. The molecule has 0 aromatic heterocycles. The molecule has 0 heterocycles. The first-order valence-corrected chi connectivity index (χ1v) is 6.35. The minimum atomic E-state index is -1.12. The van der Waals surface area contributed by atoms with Crippen molar-refractivity contribution in [2.75, 3.05) is 0 Å². The van der Waals surface area contributed by atoms with Gasteiger partial charge >= 0.3 is 12.1 Å². The Balaban J connectivity index is 1.65. The standard InChI is InChI=1S/C15H15NO4/c17-14(18)7-6-12-8-13(9-12)16-15(19)20-10-11-4-2-1-3-5-11/h1-5,12-13H,8-10H2,(H,16,19)(H,17,18). The molecule has 1 saturated carbocycles. The van der Waals surface area contributed by atoms with Crippen molar-refractivity contribution in [3.8, 4) is 11.8 Å². The monoisotopic (exact) mass is 273 g/mol. The molecule has 0 saturated heterocycles. The summed E-state index contributed by atoms with van der Waals surface area (Å²) < 4.78 is 5.09. The predicted molar refractivity (Wildman–Crippen MR) is 71.7 cm³/mol. The lowest BCUT2D eigenvalue weighted by molar-refractivity contribution is -0.130. The summed E-state index contributed by atoms with van der Waals surface area (Å²) in [7, 11) is 0. The number of amides is 1. The molecule has 5 heteroatoms. The lowest BCUT2D eigenvalue weighted by Gasteiger charge is -2.31. The summed E-state index contributed by atoms with van der Waals surface area (Å²) in [6.45, 7) is 0.238. The van der Waals surface area contributed by atoms with E-state index in [0.29, 0.717) is 12.8 Å². The molecule has 1 aromatic rings. The molecule has 0 atom stereocenters. The van der Waals surface area contributed by atoms with Crippen LogP contribution in [0, 0.1) is 17.8 Å². The van der Waals surface area contributed by atoms with Gasteiger partial charge in [0.15, 0.2) is 0 Å². The summed E-state index contributed by atoms with van der Waals surface area (Å²) in [5.41, 5.74) is 0.932. The topological polar surface area (TPSA) is 75.6 Å². The number of carbonyl (C=O) groups is 2. The maximum absolute atomic E-state index is 11.5. The van der Waals surface area contributed by atoms with E-state index in [0.717, 1.165) is 5.56 Å². The molecule has 104 valence electrons. The van der Waals surface area contributed by atoms with E-state index in [9.17, 15) is 9.59 Å². The number of benzene rings is 1. The minimum absolute atomic E-state index is 0.0198. The van der Waals surface area contributed by atoms with Crippen molar-refractivity contribution in [3.63, 3.8) is 0 Å². The van der Waals surface area contributed by atoms with Crippen molar-refractivity contribution in [2.24, 2.45) is 5.92 Å². The summed E-state index contributed by atoms with van der Waals surface area (Å²) in [5, 5.41) is 11.1. The fraction of sp³-hybridized carbons (Fsp3) is 0.333. The fourth-order valence-electron chi connectivity index (χ4n) is 1.95. The zero-order chi connectivity index (χ0) is 14.4. The second-order valence-electron chi connectivity index (χ2n) is 4.65. The first-order chi connectivity index (χ1) is 9.63. The molecule has 2 N–H and O–H groups in total. The van der Waals surface area contributed by atoms with E-state index >= 15 is 0 Å². The van der Waals surface area contributed by atoms with Gasteiger partial charge in [-0.3, -0.25) is 0 Å². The van der Waals surface area contributed by atoms with Crippen LogP contribution in [0.1, 0.15) is 18.4 Å². The van der Waals surface area contributed by atoms with E-state index in [1.54, 1.807) is 0 Å². The van der Waals surface area contributed by atoms with E-state index in [1.165, 1.54) is 0 Å². The Morgan fingerprint density at radius 2 is 2.00 bits per heavy atom. The quantitative estimate of drug-likeness (QED) is 0.823. The number of aliphatic carboxylic acids is 1. The summed E-state index contributed by atoms with van der Waals surface area (Å²) in [5.74, 6) is 3.65. The Hall–Kier alpha value is -2.48. The maximum Gasteiger partial charge on any atom is 0.407 e. The second kappa shape index (κ2) is 6.62. The SMILES string of the molecule is O=C(O)C#CC1CC(NC(=O)OCc2ccccc2)C1. The summed E-state index contributed by atoms with van der Waals surface area (Å²) in [6, 6.07) is 9.45. The van der Waals surface area contributed by atoms with Gasteiger partial charge in [-0.1, -0.05) is 36.3 Å². The molecular formula is C15H15NO4. The first kappa shape index (κ1) is 13.9. The van der Waals surface area contributed by atoms with Gasteiger partial charge in [-0.2, -0.15) is 0 Å². The Kier molecular flexibility index (Phi) is 4.61. The van der Waals surface area contributed by atoms with Crippen LogP contribution in [0.25, 0.3) is 0 Å². The van der Waals surface area contributed by atoms with Gasteiger partial charge in [0.05, 0.1) is 0 Å². The molecular weight excluding hydrogens is 258 g/mol. The van der Waals surface area contributed by atoms with Crippen LogP contribution in [0.2, 0.25) is 0 Å². The van der Waals surface area contributed by atoms with Crippen LogP contribution in [0.4, 0.5) is 4.79 Å². The Morgan fingerprint density at radius 1 is 1.30 bits per heavy atom. The van der Waals surface area contributed by atoms with Crippen molar-refractivity contribution in [1.29, 1.82) is 0 Å². The predicted octanol–water partition coefficient (Wildman–Crippen LogP) is 1.78. The third-order valence-corrected chi connectivity index (χ3v) is 3.06. The zero-order valence-electron chi connectivity index (χ0n) is 10.8. The highest BCUT2D eigenvalue weighted by Gasteiger charge is 2.29. The highest BCUT2D eigenvalue weighted by atomic mass is 16.5. The first-order valence-electron chi connectivity index (χ1n) is 6.35. The molecule has 0 aliphatic heterocycles. The average molecular weight is 273 g/mol. The molecule has 5 nitrogen and oxygen atoms in total. The number of hydrogen-bond acceptors (Lipinski definition) is 3. The van der Waals surface area contributed by atoms with Crippen LogP contribution < -0.4 is 5.32 Å². The van der Waals surface area contributed by atoms with Crippen molar-refractivity contribution in [3.05, 3.63) is 35.9 Å². The van der Waals surface area contributed by atoms with E-state index in [4.69, 9.17) is 9.84 Å². The number of carbonyl (C=O) groups excluding carboxylic acids is 1. The van der Waals surface area contributed by atoms with E-state index in [1.807, 2.05) is 30.3 Å². The second-order valence-corrected chi connectivity index (χ2v) is 4.65. The van der Waals surface area contributed by atoms with Gasteiger partial charge in [0.1, 0.15) is 6.61 Å². The molecule has 2 rings (SSSR count). The molecule has 0 spiro atoms. The molecule has 1 aromatic carbocycles. The summed E-state index contributed by atoms with van der Waals surface area (Å²) in [4.78, 5) is 21.8. The van der Waals surface area contributed by atoms with Gasteiger partial charge in [-0.05, 0) is 18.4 Å². The number of rotatable bonds is 3. The highest BCUT2D eigenvalue weighted by Crippen LogP contribution is 2.26. The van der Waals surface area contributed by atoms with E-state index in [-0.39, 0.29) is 18.6 Å². The smallest absolute Gasteiger partial charge is 0.407 e. The Bertz CT molecular complexity index is 538. The lowest BCUT2D eigenvalue weighted by atomic mass is 9.81. The summed E-state index contributed by atoms with van der Waals surface area (Å²) >= 11 is 0. The highest BCUT2D eigenvalue weighted by molar-refractivity contribution is 5.86. The molecule has 0 radical (unpaired) electrons. The third kappa shape index (κ3) is 4.32. The van der Waals surface area contributed by atoms with Gasteiger partial charge in [-0.15, -0.1) is 0 Å². The van der Waals surface area contributed by atoms with Crippen LogP contribution in [-0.4, -0.2) is 23.2 Å². The van der Waals surface area contributed by atoms with Crippen molar-refractivity contribution in [2.45, 2.75) is 25.5 Å². The van der Waals surface area contributed by atoms with Crippen LogP contribution in [0.5, 0.6) is 0 Å². The number of nitrogens with one attached hydrogen (secondary N) is 1. The van der Waals surface area contributed by atoms with E-state index in [2.05, 4.69) is 17.2 Å². The molecule has 1 amide bonds. The number of ether oxygens (including phenoxy) is 1. The van der Waals surface area contributed by atoms with Crippen molar-refractivity contribution < 1.29 is 19.4 Å². The minimum Gasteiger partial charge on any atom is -0.472 e. The van der Waals surface area contributed by atoms with Crippen LogP contribution in [-0.2, 0) is 16.1 Å².